The molecule has 0 heterocycles. The van der Waals surface area contributed by atoms with E-state index in [1.165, 1.54) is 0 Å². The fraction of sp³-hybridized carbons (Fsp3) is 0.935. The largest absolute Gasteiger partial charge is 0.462 e. The minimum atomic E-state index is -0.436. The molecule has 0 aliphatic carbocycles. The highest BCUT2D eigenvalue weighted by molar-refractivity contribution is 8.00. The van der Waals surface area contributed by atoms with Gasteiger partial charge in [0.05, 0.1) is 0 Å². The van der Waals surface area contributed by atoms with Gasteiger partial charge in [0.25, 0.3) is 0 Å². The van der Waals surface area contributed by atoms with E-state index < -0.39 is 6.10 Å². The summed E-state index contributed by atoms with van der Waals surface area (Å²) in [6.07, 6.45) is 1.89. The summed E-state index contributed by atoms with van der Waals surface area (Å²) >= 11 is 1.72. The Kier molecular flexibility index (Phi) is 13.1. The van der Waals surface area contributed by atoms with Crippen LogP contribution in [0.5, 0.6) is 0 Å². The number of carbonyl (C=O) groups excluding carboxylic acids is 2. The number of carbonyl (C=O) groups is 2. The van der Waals surface area contributed by atoms with Crippen LogP contribution in [0.1, 0.15) is 130 Å². The van der Waals surface area contributed by atoms with E-state index in [4.69, 9.17) is 9.47 Å². The molecule has 0 aliphatic rings. The quantitative estimate of drug-likeness (QED) is 0.250. The number of hydrogen-bond acceptors (Lipinski definition) is 5. The molecule has 0 amide bonds. The van der Waals surface area contributed by atoms with Gasteiger partial charge in [0, 0.05) is 23.3 Å². The predicted octanol–water partition coefficient (Wildman–Crippen LogP) is 8.95. The third kappa shape index (κ3) is 14.9. The molecule has 0 N–H and O–H groups in total. The molecule has 0 radical (unpaired) electrons. The van der Waals surface area contributed by atoms with Crippen LogP contribution >= 0.6 is 11.8 Å². The molecule has 36 heavy (non-hydrogen) atoms. The van der Waals surface area contributed by atoms with Gasteiger partial charge in [-0.15, -0.1) is 0 Å². The van der Waals surface area contributed by atoms with Gasteiger partial charge in [0.15, 0.2) is 0 Å². The fourth-order valence-electron chi connectivity index (χ4n) is 5.82. The van der Waals surface area contributed by atoms with Crippen molar-refractivity contribution in [1.29, 1.82) is 0 Å². The lowest BCUT2D eigenvalue weighted by atomic mass is 9.65. The van der Waals surface area contributed by atoms with Gasteiger partial charge in [0.1, 0.15) is 12.7 Å². The molecule has 0 fully saturated rings. The van der Waals surface area contributed by atoms with Crippen molar-refractivity contribution in [3.8, 4) is 0 Å². The lowest BCUT2D eigenvalue weighted by Gasteiger charge is -2.41. The van der Waals surface area contributed by atoms with Gasteiger partial charge in [-0.3, -0.25) is 9.59 Å². The van der Waals surface area contributed by atoms with E-state index >= 15 is 0 Å². The zero-order valence-corrected chi connectivity index (χ0v) is 27.3. The molecule has 4 nitrogen and oxygen atoms in total. The molecule has 214 valence electrons. The molecule has 0 aromatic rings. The van der Waals surface area contributed by atoms with E-state index in [1.54, 1.807) is 11.8 Å². The highest BCUT2D eigenvalue weighted by Gasteiger charge is 2.36. The Balaban J connectivity index is 5.12. The first kappa shape index (κ1) is 35.3. The Morgan fingerprint density at radius 2 is 0.972 bits per heavy atom. The van der Waals surface area contributed by atoms with Gasteiger partial charge in [-0.2, -0.15) is 11.8 Å². The minimum Gasteiger partial charge on any atom is -0.462 e. The average Bonchev–Trinajstić information content (AvgIpc) is 2.58. The molecule has 0 aromatic heterocycles. The summed E-state index contributed by atoms with van der Waals surface area (Å²) in [5, 5.41) is 0. The Bertz CT molecular complexity index is 650. The Morgan fingerprint density at radius 1 is 0.611 bits per heavy atom. The second kappa shape index (κ2) is 13.4. The van der Waals surface area contributed by atoms with Crippen molar-refractivity contribution in [1.82, 2.24) is 0 Å². The number of hydrogen-bond donors (Lipinski definition) is 0. The molecule has 0 bridgehead atoms. The van der Waals surface area contributed by atoms with Crippen LogP contribution in [-0.4, -0.2) is 35.1 Å². The number of thioether (sulfide) groups is 1. The SMILES string of the molecule is CC(C)(C)SCC(COC(=O)CCC(C(C)(C)C)C(C)(C)C)OC(=O)CCC(C(C)(C)C)C(C)(C)C. The third-order valence-electron chi connectivity index (χ3n) is 6.89. The molecule has 1 atom stereocenters. The van der Waals surface area contributed by atoms with Gasteiger partial charge in [0.2, 0.25) is 0 Å². The van der Waals surface area contributed by atoms with Gasteiger partial charge >= 0.3 is 11.9 Å². The van der Waals surface area contributed by atoms with E-state index in [2.05, 4.69) is 104 Å². The first-order valence-electron chi connectivity index (χ1n) is 13.8. The van der Waals surface area contributed by atoms with E-state index in [1.807, 2.05) is 0 Å². The van der Waals surface area contributed by atoms with Gasteiger partial charge in [-0.25, -0.2) is 0 Å². The third-order valence-corrected chi connectivity index (χ3v) is 8.29. The first-order chi connectivity index (χ1) is 15.8. The fourth-order valence-corrected chi connectivity index (χ4v) is 6.67. The summed E-state index contributed by atoms with van der Waals surface area (Å²) in [4.78, 5) is 25.5. The van der Waals surface area contributed by atoms with Crippen molar-refractivity contribution in [2.75, 3.05) is 12.4 Å². The maximum absolute atomic E-state index is 12.8. The van der Waals surface area contributed by atoms with Crippen molar-refractivity contribution < 1.29 is 19.1 Å². The summed E-state index contributed by atoms with van der Waals surface area (Å²) in [5.41, 5.74) is 0.427. The summed E-state index contributed by atoms with van der Waals surface area (Å²) in [6, 6.07) is 0. The van der Waals surface area contributed by atoms with Crippen molar-refractivity contribution in [3.63, 3.8) is 0 Å². The standard InChI is InChI=1S/C31H60O4S/c1-27(2,3)23(28(4,5)6)16-18-25(32)34-20-22(21-36-31(13,14)15)35-26(33)19-17-24(29(7,8)9)30(10,11)12/h22-24H,16-21H2,1-15H3. The van der Waals surface area contributed by atoms with E-state index in [9.17, 15) is 9.59 Å². The molecule has 0 saturated heterocycles. The van der Waals surface area contributed by atoms with Crippen LogP contribution in [0.4, 0.5) is 0 Å². The normalized spacial score (nSPS) is 14.8. The van der Waals surface area contributed by atoms with Crippen LogP contribution in [0.3, 0.4) is 0 Å². The lowest BCUT2D eigenvalue weighted by molar-refractivity contribution is -0.158. The van der Waals surface area contributed by atoms with Crippen molar-refractivity contribution in [2.45, 2.75) is 140 Å². The molecule has 1 unspecified atom stereocenters. The van der Waals surface area contributed by atoms with Crippen LogP contribution in [0.25, 0.3) is 0 Å². The van der Waals surface area contributed by atoms with Crippen LogP contribution in [0, 0.1) is 33.5 Å². The summed E-state index contributed by atoms with van der Waals surface area (Å²) in [5.74, 6) is 0.967. The molecule has 5 heteroatoms. The zero-order valence-electron chi connectivity index (χ0n) is 26.5. The summed E-state index contributed by atoms with van der Waals surface area (Å²) < 4.78 is 11.6. The second-order valence-corrected chi connectivity index (χ2v) is 17.7. The predicted molar refractivity (Wildman–Crippen MR) is 156 cm³/mol. The Hall–Kier alpha value is -0.710. The molecule has 0 rings (SSSR count). The summed E-state index contributed by atoms with van der Waals surface area (Å²) in [7, 11) is 0. The Labute approximate surface area is 228 Å². The number of ether oxygens (including phenoxy) is 2. The van der Waals surface area contributed by atoms with Crippen molar-refractivity contribution >= 4 is 23.7 Å². The monoisotopic (exact) mass is 528 g/mol. The number of esters is 2. The first-order valence-corrected chi connectivity index (χ1v) is 14.8. The average molecular weight is 529 g/mol. The lowest BCUT2D eigenvalue weighted by Crippen LogP contribution is -2.34. The number of rotatable bonds is 11. The van der Waals surface area contributed by atoms with Gasteiger partial charge in [-0.1, -0.05) is 104 Å². The maximum Gasteiger partial charge on any atom is 0.306 e. The van der Waals surface area contributed by atoms with Crippen molar-refractivity contribution in [2.24, 2.45) is 33.5 Å². The highest BCUT2D eigenvalue weighted by Crippen LogP contribution is 2.43. The molecular formula is C31H60O4S. The van der Waals surface area contributed by atoms with Crippen LogP contribution in [0.15, 0.2) is 0 Å². The van der Waals surface area contributed by atoms with Crippen molar-refractivity contribution in [3.05, 3.63) is 0 Å². The minimum absolute atomic E-state index is 0.0326. The van der Waals surface area contributed by atoms with Crippen LogP contribution < -0.4 is 0 Å². The molecule has 0 spiro atoms. The Morgan fingerprint density at radius 3 is 1.31 bits per heavy atom. The molecule has 0 aliphatic heterocycles. The van der Waals surface area contributed by atoms with Gasteiger partial charge < -0.3 is 9.47 Å². The summed E-state index contributed by atoms with van der Waals surface area (Å²) in [6.45, 7) is 33.3. The molecule has 0 aromatic carbocycles. The molecule has 0 saturated carbocycles. The maximum atomic E-state index is 12.8. The molecular weight excluding hydrogens is 468 g/mol. The van der Waals surface area contributed by atoms with Crippen LogP contribution in [0.2, 0.25) is 0 Å². The zero-order chi connectivity index (χ0) is 28.8. The highest BCUT2D eigenvalue weighted by atomic mass is 32.2. The topological polar surface area (TPSA) is 52.6 Å². The van der Waals surface area contributed by atoms with Gasteiger partial charge in [-0.05, 0) is 46.3 Å². The smallest absolute Gasteiger partial charge is 0.306 e. The van der Waals surface area contributed by atoms with E-state index in [0.717, 1.165) is 12.8 Å². The van der Waals surface area contributed by atoms with Crippen LogP contribution in [-0.2, 0) is 19.1 Å². The second-order valence-electron chi connectivity index (χ2n) is 15.9. The van der Waals surface area contributed by atoms with E-state index in [0.29, 0.717) is 30.4 Å². The van der Waals surface area contributed by atoms with E-state index in [-0.39, 0.29) is 45.0 Å².